The van der Waals surface area contributed by atoms with Gasteiger partial charge in [0.2, 0.25) is 19.6 Å². The largest absolute Gasteiger partial charge is 0.420 e. The van der Waals surface area contributed by atoms with E-state index in [2.05, 4.69) is 22.3 Å². The van der Waals surface area contributed by atoms with E-state index in [0.717, 1.165) is 55.8 Å². The zero-order valence-electron chi connectivity index (χ0n) is 13.9. The number of rotatable bonds is 3. The molecular weight excluding hydrogens is 301 g/mol. The van der Waals surface area contributed by atoms with Crippen LogP contribution in [0.1, 0.15) is 48.9 Å². The van der Waals surface area contributed by atoms with Crippen LogP contribution in [0.15, 0.2) is 40.3 Å². The van der Waals surface area contributed by atoms with Gasteiger partial charge in [-0.3, -0.25) is 4.79 Å². The van der Waals surface area contributed by atoms with Gasteiger partial charge >= 0.3 is 0 Å². The van der Waals surface area contributed by atoms with E-state index < -0.39 is 0 Å². The summed E-state index contributed by atoms with van der Waals surface area (Å²) in [5.74, 6) is 1.98. The van der Waals surface area contributed by atoms with E-state index in [1.54, 1.807) is 7.85 Å². The SMILES string of the molecule is BC(=O)N1CCC(=C(c2ccccc2)c2nnc(C3CC3)o2)CC1. The summed E-state index contributed by atoms with van der Waals surface area (Å²) in [5, 5.41) is 8.58. The molecular formula is C18H20BN3O2. The molecule has 1 saturated carbocycles. The summed E-state index contributed by atoms with van der Waals surface area (Å²) in [7, 11) is 1.63. The Hall–Kier alpha value is -2.37. The van der Waals surface area contributed by atoms with Gasteiger partial charge in [0.1, 0.15) is 0 Å². The maximum absolute atomic E-state index is 11.6. The van der Waals surface area contributed by atoms with E-state index in [4.69, 9.17) is 4.42 Å². The first kappa shape index (κ1) is 15.2. The Labute approximate surface area is 142 Å². The van der Waals surface area contributed by atoms with E-state index in [-0.39, 0.29) is 5.81 Å². The van der Waals surface area contributed by atoms with Gasteiger partial charge in [-0.15, -0.1) is 10.2 Å². The molecule has 2 aliphatic rings. The molecule has 122 valence electrons. The molecule has 2 aromatic rings. The Morgan fingerprint density at radius 1 is 1.12 bits per heavy atom. The van der Waals surface area contributed by atoms with Crippen LogP contribution in [-0.4, -0.2) is 41.8 Å². The van der Waals surface area contributed by atoms with Gasteiger partial charge in [-0.1, -0.05) is 35.9 Å². The van der Waals surface area contributed by atoms with Crippen molar-refractivity contribution in [3.05, 3.63) is 53.2 Å². The Kier molecular flexibility index (Phi) is 3.96. The molecule has 24 heavy (non-hydrogen) atoms. The number of likely N-dealkylation sites (tertiary alicyclic amines) is 1. The van der Waals surface area contributed by atoms with Gasteiger partial charge < -0.3 is 9.32 Å². The van der Waals surface area contributed by atoms with Gasteiger partial charge in [0.15, 0.2) is 5.81 Å². The molecule has 0 atom stereocenters. The van der Waals surface area contributed by atoms with Crippen molar-refractivity contribution < 1.29 is 9.21 Å². The van der Waals surface area contributed by atoms with Crippen molar-refractivity contribution in [1.29, 1.82) is 0 Å². The third kappa shape index (κ3) is 3.00. The van der Waals surface area contributed by atoms with Gasteiger partial charge in [-0.25, -0.2) is 0 Å². The number of hydrogen-bond acceptors (Lipinski definition) is 4. The number of piperidine rings is 1. The molecule has 6 heteroatoms. The fraction of sp³-hybridized carbons (Fsp3) is 0.389. The lowest BCUT2D eigenvalue weighted by molar-refractivity contribution is 0.217. The van der Waals surface area contributed by atoms with Crippen LogP contribution in [0.3, 0.4) is 0 Å². The zero-order chi connectivity index (χ0) is 16.5. The molecule has 1 aromatic heterocycles. The predicted molar refractivity (Wildman–Crippen MR) is 93.5 cm³/mol. The van der Waals surface area contributed by atoms with E-state index in [9.17, 15) is 4.79 Å². The normalized spacial score (nSPS) is 17.8. The van der Waals surface area contributed by atoms with Crippen molar-refractivity contribution in [1.82, 2.24) is 15.1 Å². The molecule has 1 saturated heterocycles. The van der Waals surface area contributed by atoms with Crippen LogP contribution in [0.5, 0.6) is 0 Å². The first-order valence-corrected chi connectivity index (χ1v) is 8.59. The summed E-state index contributed by atoms with van der Waals surface area (Å²) in [6, 6.07) is 10.2. The molecule has 0 bridgehead atoms. The van der Waals surface area contributed by atoms with Crippen LogP contribution in [-0.2, 0) is 0 Å². The highest BCUT2D eigenvalue weighted by Gasteiger charge is 2.30. The van der Waals surface area contributed by atoms with Crippen molar-refractivity contribution >= 4 is 19.2 Å². The monoisotopic (exact) mass is 321 g/mol. The Bertz CT molecular complexity index is 771. The lowest BCUT2D eigenvalue weighted by Crippen LogP contribution is -2.35. The predicted octanol–water partition coefficient (Wildman–Crippen LogP) is 2.60. The smallest absolute Gasteiger partial charge is 0.248 e. The maximum Gasteiger partial charge on any atom is 0.248 e. The van der Waals surface area contributed by atoms with Crippen LogP contribution < -0.4 is 0 Å². The van der Waals surface area contributed by atoms with Crippen LogP contribution in [0.4, 0.5) is 4.79 Å². The number of benzene rings is 1. The molecule has 4 rings (SSSR count). The third-order valence-electron chi connectivity index (χ3n) is 4.81. The highest BCUT2D eigenvalue weighted by Crippen LogP contribution is 2.40. The molecule has 2 fully saturated rings. The second-order valence-corrected chi connectivity index (χ2v) is 6.57. The Morgan fingerprint density at radius 3 is 2.46 bits per heavy atom. The quantitative estimate of drug-likeness (QED) is 0.816. The highest BCUT2D eigenvalue weighted by atomic mass is 16.4. The van der Waals surface area contributed by atoms with Crippen molar-refractivity contribution in [2.45, 2.75) is 31.6 Å². The molecule has 0 unspecified atom stereocenters. The second kappa shape index (κ2) is 6.26. The van der Waals surface area contributed by atoms with Crippen molar-refractivity contribution in [3.8, 4) is 0 Å². The van der Waals surface area contributed by atoms with E-state index in [1.165, 1.54) is 5.57 Å². The Balaban J connectivity index is 1.70. The molecule has 1 aliphatic heterocycles. The van der Waals surface area contributed by atoms with E-state index in [1.807, 2.05) is 23.1 Å². The fourth-order valence-electron chi connectivity index (χ4n) is 3.26. The minimum Gasteiger partial charge on any atom is -0.420 e. The average Bonchev–Trinajstić information content (AvgIpc) is 3.35. The molecule has 0 N–H and O–H groups in total. The highest BCUT2D eigenvalue weighted by molar-refractivity contribution is 6.56. The number of nitrogens with zero attached hydrogens (tertiary/aromatic N) is 3. The molecule has 1 aromatic carbocycles. The number of carbonyl (C=O) groups excluding carboxylic acids is 1. The number of aromatic nitrogens is 2. The van der Waals surface area contributed by atoms with Gasteiger partial charge in [0.05, 0.1) is 0 Å². The summed E-state index contributed by atoms with van der Waals surface area (Å²) in [4.78, 5) is 13.5. The second-order valence-electron chi connectivity index (χ2n) is 6.57. The first-order chi connectivity index (χ1) is 11.7. The van der Waals surface area contributed by atoms with Gasteiger partial charge in [-0.2, -0.15) is 0 Å². The zero-order valence-corrected chi connectivity index (χ0v) is 13.9. The molecule has 2 heterocycles. The standard InChI is InChI=1S/C18H20BN3O2/c19-18(23)22-10-8-13(9-11-22)15(12-4-2-1-3-5-12)17-21-20-16(24-17)14-6-7-14/h1-5,14H,6-11,19H2. The van der Waals surface area contributed by atoms with Gasteiger partial charge in [-0.05, 0) is 31.2 Å². The van der Waals surface area contributed by atoms with Gasteiger partial charge in [0.25, 0.3) is 0 Å². The summed E-state index contributed by atoms with van der Waals surface area (Å²) >= 11 is 0. The van der Waals surface area contributed by atoms with E-state index >= 15 is 0 Å². The fourth-order valence-corrected chi connectivity index (χ4v) is 3.26. The number of carbonyl (C=O) groups is 1. The number of hydrogen-bond donors (Lipinski definition) is 0. The minimum absolute atomic E-state index is 0.143. The van der Waals surface area contributed by atoms with Crippen molar-refractivity contribution in [2.24, 2.45) is 0 Å². The minimum atomic E-state index is 0.143. The molecule has 1 amide bonds. The first-order valence-electron chi connectivity index (χ1n) is 8.59. The topological polar surface area (TPSA) is 59.2 Å². The average molecular weight is 321 g/mol. The van der Waals surface area contributed by atoms with Crippen molar-refractivity contribution in [2.75, 3.05) is 13.1 Å². The van der Waals surface area contributed by atoms with E-state index in [0.29, 0.717) is 11.8 Å². The summed E-state index contributed by atoms with van der Waals surface area (Å²) in [6.45, 7) is 1.51. The van der Waals surface area contributed by atoms with Crippen LogP contribution in [0.2, 0.25) is 0 Å². The summed E-state index contributed by atoms with van der Waals surface area (Å²) in [5.41, 5.74) is 3.46. The van der Waals surface area contributed by atoms with Crippen LogP contribution >= 0.6 is 0 Å². The van der Waals surface area contributed by atoms with Crippen LogP contribution in [0.25, 0.3) is 5.57 Å². The third-order valence-corrected chi connectivity index (χ3v) is 4.81. The summed E-state index contributed by atoms with van der Waals surface area (Å²) < 4.78 is 5.99. The maximum atomic E-state index is 11.6. The Morgan fingerprint density at radius 2 is 1.83 bits per heavy atom. The molecule has 0 radical (unpaired) electrons. The summed E-state index contributed by atoms with van der Waals surface area (Å²) in [6.07, 6.45) is 3.99. The lowest BCUT2D eigenvalue weighted by Gasteiger charge is -2.29. The molecule has 5 nitrogen and oxygen atoms in total. The lowest BCUT2D eigenvalue weighted by atomic mass is 9.92. The van der Waals surface area contributed by atoms with Crippen molar-refractivity contribution in [3.63, 3.8) is 0 Å². The number of amides is 1. The van der Waals surface area contributed by atoms with Gasteiger partial charge in [0, 0.05) is 24.6 Å². The van der Waals surface area contributed by atoms with Crippen LogP contribution in [0, 0.1) is 0 Å². The molecule has 0 spiro atoms. The molecule has 1 aliphatic carbocycles.